The summed E-state index contributed by atoms with van der Waals surface area (Å²) in [6, 6.07) is 14.6. The Balaban J connectivity index is 0.00000123. The number of Topliss-reactive ketones (excluding diaryl/α,β-unsaturated/α-hetero) is 1. The van der Waals surface area contributed by atoms with Crippen LogP contribution in [0, 0.1) is 16.7 Å². The van der Waals surface area contributed by atoms with Gasteiger partial charge < -0.3 is 54.4 Å². The number of ketones is 1. The van der Waals surface area contributed by atoms with Gasteiger partial charge in [-0.25, -0.2) is 19.4 Å². The molecule has 6 N–H and O–H groups in total. The molecule has 4 aliphatic rings. The number of aromatic nitrogens is 2. The molecule has 17 nitrogen and oxygen atoms in total. The molecule has 3 aromatic rings. The van der Waals surface area contributed by atoms with Crippen molar-refractivity contribution in [1.29, 1.82) is 0 Å². The van der Waals surface area contributed by atoms with Gasteiger partial charge in [0.15, 0.2) is 17.5 Å². The van der Waals surface area contributed by atoms with Crippen molar-refractivity contribution in [2.24, 2.45) is 16.7 Å². The van der Waals surface area contributed by atoms with Crippen LogP contribution in [0.1, 0.15) is 90.2 Å². The molecule has 1 saturated heterocycles. The fourth-order valence-electron chi connectivity index (χ4n) is 9.77. The Morgan fingerprint density at radius 1 is 0.984 bits per heavy atom. The standard InChI is InChI=1S/C43H53NO14.C3H4N2/c1-22-26(55-37(51)32(48)30(24-15-11-9-12-16-24)44-38(52)58-39(3,4)5)20-43(53)35(56-36(50)25-17-13-10-14-18-25)33-41(8,34(49)31(47)29(22)40(43,6)7)27(46)19-28-42(33,21-54-28)57-23(2)45;1-2-5-3-4-1/h9-18,26-28,30-33,35,46-48,53H,19-21H2,1-8H3,(H,44,52);1-3H,(H,4,5)/t26-,27-,28+,30-,31+,32?,33-,35-,41+,42-,43+;/m0./s1. The van der Waals surface area contributed by atoms with Crippen LogP contribution in [0.3, 0.4) is 0 Å². The first-order valence-corrected chi connectivity index (χ1v) is 20.8. The molecule has 17 heteroatoms. The van der Waals surface area contributed by atoms with E-state index in [-0.39, 0.29) is 29.7 Å². The maximum Gasteiger partial charge on any atom is 0.408 e. The van der Waals surface area contributed by atoms with Crippen LogP contribution >= 0.6 is 0 Å². The number of benzene rings is 2. The first-order valence-electron chi connectivity index (χ1n) is 20.8. The second kappa shape index (κ2) is 17.6. The molecule has 2 saturated carbocycles. The minimum atomic E-state index is -2.35. The second-order valence-corrected chi connectivity index (χ2v) is 18.3. The van der Waals surface area contributed by atoms with Crippen molar-refractivity contribution in [3.05, 3.63) is 102 Å². The lowest BCUT2D eigenvalue weighted by atomic mass is 9.44. The number of hydrogen-bond acceptors (Lipinski definition) is 15. The van der Waals surface area contributed by atoms with Crippen LogP contribution in [-0.2, 0) is 38.1 Å². The Morgan fingerprint density at radius 2 is 1.62 bits per heavy atom. The van der Waals surface area contributed by atoms with E-state index < -0.39 is 112 Å². The highest BCUT2D eigenvalue weighted by Gasteiger charge is 2.78. The average Bonchev–Trinajstić information content (AvgIpc) is 3.82. The molecule has 0 radical (unpaired) electrons. The number of nitrogens with zero attached hydrogens (tertiary/aromatic N) is 1. The van der Waals surface area contributed by atoms with Gasteiger partial charge in [0.25, 0.3) is 0 Å². The Hall–Kier alpha value is -5.46. The zero-order chi connectivity index (χ0) is 46.3. The van der Waals surface area contributed by atoms with E-state index in [2.05, 4.69) is 15.3 Å². The van der Waals surface area contributed by atoms with Gasteiger partial charge in [-0.2, -0.15) is 0 Å². The van der Waals surface area contributed by atoms with E-state index in [0.29, 0.717) is 5.56 Å². The number of carbonyl (C=O) groups is 5. The largest absolute Gasteiger partial charge is 0.456 e. The lowest BCUT2D eigenvalue weighted by Gasteiger charge is -2.67. The smallest absolute Gasteiger partial charge is 0.408 e. The van der Waals surface area contributed by atoms with Crippen molar-refractivity contribution >= 4 is 29.8 Å². The summed E-state index contributed by atoms with van der Waals surface area (Å²) in [5, 5.41) is 51.6. The Labute approximate surface area is 365 Å². The molecule has 63 heavy (non-hydrogen) atoms. The number of carbonyl (C=O) groups excluding carboxylic acids is 5. The number of amides is 1. The summed E-state index contributed by atoms with van der Waals surface area (Å²) in [6.45, 7) is 11.8. The zero-order valence-corrected chi connectivity index (χ0v) is 36.6. The average molecular weight is 876 g/mol. The summed E-state index contributed by atoms with van der Waals surface area (Å²) in [7, 11) is 0. The van der Waals surface area contributed by atoms with Crippen molar-refractivity contribution in [2.45, 2.75) is 128 Å². The number of rotatable bonds is 8. The highest BCUT2D eigenvalue weighted by molar-refractivity contribution is 5.94. The molecule has 7 rings (SSSR count). The van der Waals surface area contributed by atoms with Crippen molar-refractivity contribution in [3.63, 3.8) is 0 Å². The van der Waals surface area contributed by atoms with Gasteiger partial charge in [-0.1, -0.05) is 62.4 Å². The molecule has 3 aliphatic carbocycles. The number of H-pyrrole nitrogens is 1. The van der Waals surface area contributed by atoms with Gasteiger partial charge in [0.05, 0.1) is 42.0 Å². The predicted molar refractivity (Wildman–Crippen MR) is 222 cm³/mol. The molecule has 340 valence electrons. The van der Waals surface area contributed by atoms with E-state index in [1.54, 1.807) is 102 Å². The third-order valence-corrected chi connectivity index (χ3v) is 13.0. The highest BCUT2D eigenvalue weighted by atomic mass is 16.6. The van der Waals surface area contributed by atoms with Gasteiger partial charge in [-0.3, -0.25) is 9.59 Å². The molecule has 1 unspecified atom stereocenters. The number of fused-ring (bicyclic) bond motifs is 5. The quantitative estimate of drug-likeness (QED) is 0.107. The lowest BCUT2D eigenvalue weighted by Crippen LogP contribution is -2.81. The SMILES string of the molecule is CC(=O)O[C@@]12CO[C@@H]1C[C@H](O)[C@@]1(C)C(=O)[C@H](O)C3=C(C)[C@@H](OC(=O)C(O)[C@@H](NC(=O)OC(C)(C)C)c4ccccc4)C[C@@](O)([C@@H](OC(=O)c4ccccc4)[C@H]21)C3(C)C.c1c[nH]cn1. The number of hydrogen-bond donors (Lipinski definition) is 6. The number of ether oxygens (including phenoxy) is 5. The monoisotopic (exact) mass is 875 g/mol. The van der Waals surface area contributed by atoms with Crippen molar-refractivity contribution in [3.8, 4) is 0 Å². The molecule has 2 bridgehead atoms. The van der Waals surface area contributed by atoms with Gasteiger partial charge in [-0.05, 0) is 63.5 Å². The lowest BCUT2D eigenvalue weighted by molar-refractivity contribution is -0.346. The van der Waals surface area contributed by atoms with Gasteiger partial charge in [0.2, 0.25) is 0 Å². The van der Waals surface area contributed by atoms with E-state index in [0.717, 1.165) is 6.92 Å². The Morgan fingerprint density at radius 3 is 2.14 bits per heavy atom. The molecule has 1 aliphatic heterocycles. The van der Waals surface area contributed by atoms with Crippen LogP contribution in [0.25, 0.3) is 0 Å². The van der Waals surface area contributed by atoms with E-state index in [4.69, 9.17) is 23.7 Å². The molecule has 1 amide bonds. The van der Waals surface area contributed by atoms with E-state index in [1.807, 2.05) is 0 Å². The highest BCUT2D eigenvalue weighted by Crippen LogP contribution is 2.64. The summed E-state index contributed by atoms with van der Waals surface area (Å²) in [4.78, 5) is 75.3. The van der Waals surface area contributed by atoms with Gasteiger partial charge in [-0.15, -0.1) is 0 Å². The predicted octanol–water partition coefficient (Wildman–Crippen LogP) is 3.67. The molecule has 0 spiro atoms. The minimum absolute atomic E-state index is 0.0637. The maximum atomic E-state index is 14.9. The minimum Gasteiger partial charge on any atom is -0.456 e. The number of alkyl carbamates (subject to hydrolysis) is 1. The van der Waals surface area contributed by atoms with Crippen molar-refractivity contribution in [1.82, 2.24) is 15.3 Å². The third-order valence-electron chi connectivity index (χ3n) is 13.0. The third kappa shape index (κ3) is 8.64. The maximum absolute atomic E-state index is 14.9. The summed E-state index contributed by atoms with van der Waals surface area (Å²) in [5.41, 5.74) is -8.14. The van der Waals surface area contributed by atoms with E-state index >= 15 is 0 Å². The fraction of sp³-hybridized carbons (Fsp3) is 0.522. The second-order valence-electron chi connectivity index (χ2n) is 18.3. The number of aromatic amines is 1. The van der Waals surface area contributed by atoms with E-state index in [1.165, 1.54) is 26.0 Å². The molecule has 2 heterocycles. The van der Waals surface area contributed by atoms with Gasteiger partial charge in [0, 0.05) is 37.6 Å². The first kappa shape index (κ1) is 47.0. The first-order chi connectivity index (χ1) is 29.5. The summed E-state index contributed by atoms with van der Waals surface area (Å²) in [5.74, 6) is -5.36. The Kier molecular flexibility index (Phi) is 13.1. The summed E-state index contributed by atoms with van der Waals surface area (Å²) >= 11 is 0. The number of imidazole rings is 1. The fourth-order valence-corrected chi connectivity index (χ4v) is 9.77. The van der Waals surface area contributed by atoms with Crippen molar-refractivity contribution < 1.29 is 68.1 Å². The summed E-state index contributed by atoms with van der Waals surface area (Å²) in [6.07, 6.45) is -6.40. The molecule has 1 aromatic heterocycles. The van der Waals surface area contributed by atoms with Gasteiger partial charge >= 0.3 is 24.0 Å². The van der Waals surface area contributed by atoms with Crippen LogP contribution in [0.15, 0.2) is 90.5 Å². The van der Waals surface area contributed by atoms with Gasteiger partial charge in [0.1, 0.15) is 35.6 Å². The number of esters is 3. The molecule has 2 aromatic carbocycles. The molecular weight excluding hydrogens is 819 g/mol. The normalized spacial score (nSPS) is 31.7. The van der Waals surface area contributed by atoms with Crippen LogP contribution in [-0.4, -0.2) is 120 Å². The zero-order valence-electron chi connectivity index (χ0n) is 36.6. The van der Waals surface area contributed by atoms with Crippen LogP contribution in [0.4, 0.5) is 4.79 Å². The van der Waals surface area contributed by atoms with Crippen LogP contribution in [0.2, 0.25) is 0 Å². The summed E-state index contributed by atoms with van der Waals surface area (Å²) < 4.78 is 29.5. The van der Waals surface area contributed by atoms with E-state index in [9.17, 15) is 44.4 Å². The number of aliphatic hydroxyl groups excluding tert-OH is 3. The number of nitrogens with one attached hydrogen (secondary N) is 2. The molecule has 11 atom stereocenters. The van der Waals surface area contributed by atoms with Crippen LogP contribution < -0.4 is 5.32 Å². The van der Waals surface area contributed by atoms with Crippen LogP contribution in [0.5, 0.6) is 0 Å². The Bertz CT molecular complexity index is 2170. The molecular formula is C46H57N3O14. The number of aliphatic hydroxyl groups is 4. The van der Waals surface area contributed by atoms with Crippen molar-refractivity contribution in [2.75, 3.05) is 6.61 Å². The molecule has 3 fully saturated rings. The topological polar surface area (TPSA) is 253 Å².